The summed E-state index contributed by atoms with van der Waals surface area (Å²) in [5, 5.41) is 0. The molecule has 0 saturated carbocycles. The summed E-state index contributed by atoms with van der Waals surface area (Å²) in [6.07, 6.45) is 7.44. The first-order chi connectivity index (χ1) is 9.65. The molecule has 110 valence electrons. The summed E-state index contributed by atoms with van der Waals surface area (Å²) in [5.41, 5.74) is 6.25. The molecule has 0 aromatic heterocycles. The highest BCUT2D eigenvalue weighted by Crippen LogP contribution is 2.45. The second kappa shape index (κ2) is 6.61. The molecular formula is C20H30. The van der Waals surface area contributed by atoms with Gasteiger partial charge in [0.25, 0.3) is 0 Å². The molecule has 2 atom stereocenters. The topological polar surface area (TPSA) is 0 Å². The Hall–Kier alpha value is -1.04. The predicted octanol–water partition coefficient (Wildman–Crippen LogP) is 6.53. The molecule has 0 heterocycles. The van der Waals surface area contributed by atoms with Gasteiger partial charge in [-0.05, 0) is 41.4 Å². The van der Waals surface area contributed by atoms with E-state index in [1.807, 2.05) is 0 Å². The monoisotopic (exact) mass is 270 g/mol. The van der Waals surface area contributed by atoms with Gasteiger partial charge in [-0.3, -0.25) is 0 Å². The van der Waals surface area contributed by atoms with Gasteiger partial charge in [0.15, 0.2) is 0 Å². The first-order valence-electron chi connectivity index (χ1n) is 8.50. The molecule has 0 bridgehead atoms. The van der Waals surface area contributed by atoms with Crippen molar-refractivity contribution in [1.29, 1.82) is 0 Å². The fraction of sp³-hybridized carbons (Fsp3) is 0.600. The SMILES string of the molecule is CCC1=Cc2ccc(C(C)CC)cc2C1C(CC)CC. The molecule has 1 aromatic rings. The summed E-state index contributed by atoms with van der Waals surface area (Å²) >= 11 is 0. The molecule has 0 spiro atoms. The van der Waals surface area contributed by atoms with E-state index in [2.05, 4.69) is 58.9 Å². The molecule has 2 unspecified atom stereocenters. The molecule has 0 fully saturated rings. The van der Waals surface area contributed by atoms with Crippen LogP contribution in [0.4, 0.5) is 0 Å². The van der Waals surface area contributed by atoms with Crippen molar-refractivity contribution in [2.24, 2.45) is 5.92 Å². The Kier molecular flexibility index (Phi) is 5.07. The number of hydrogen-bond acceptors (Lipinski definition) is 0. The summed E-state index contributed by atoms with van der Waals surface area (Å²) < 4.78 is 0. The predicted molar refractivity (Wildman–Crippen MR) is 90.2 cm³/mol. The van der Waals surface area contributed by atoms with Gasteiger partial charge in [-0.15, -0.1) is 0 Å². The second-order valence-electron chi connectivity index (χ2n) is 6.32. The van der Waals surface area contributed by atoms with Crippen LogP contribution in [-0.4, -0.2) is 0 Å². The van der Waals surface area contributed by atoms with Crippen molar-refractivity contribution in [2.45, 2.75) is 72.1 Å². The lowest BCUT2D eigenvalue weighted by Gasteiger charge is -2.26. The van der Waals surface area contributed by atoms with E-state index in [9.17, 15) is 0 Å². The Bertz CT molecular complexity index is 477. The van der Waals surface area contributed by atoms with E-state index < -0.39 is 0 Å². The van der Waals surface area contributed by atoms with Crippen LogP contribution in [0.2, 0.25) is 0 Å². The Labute approximate surface area is 125 Å². The van der Waals surface area contributed by atoms with E-state index in [1.165, 1.54) is 36.8 Å². The summed E-state index contributed by atoms with van der Waals surface area (Å²) in [5.74, 6) is 2.15. The van der Waals surface area contributed by atoms with E-state index in [0.29, 0.717) is 11.8 Å². The lowest BCUT2D eigenvalue weighted by Crippen LogP contribution is -2.12. The summed E-state index contributed by atoms with van der Waals surface area (Å²) in [6, 6.07) is 7.20. The van der Waals surface area contributed by atoms with Gasteiger partial charge in [0, 0.05) is 5.92 Å². The average Bonchev–Trinajstić information content (AvgIpc) is 2.85. The van der Waals surface area contributed by atoms with Crippen LogP contribution in [0.5, 0.6) is 0 Å². The third-order valence-electron chi connectivity index (χ3n) is 5.30. The quantitative estimate of drug-likeness (QED) is 0.551. The van der Waals surface area contributed by atoms with Crippen molar-refractivity contribution in [2.75, 3.05) is 0 Å². The van der Waals surface area contributed by atoms with Crippen LogP contribution in [0.1, 0.15) is 88.8 Å². The van der Waals surface area contributed by atoms with E-state index in [4.69, 9.17) is 0 Å². The number of allylic oxidation sites excluding steroid dienone is 1. The van der Waals surface area contributed by atoms with Crippen LogP contribution in [0.3, 0.4) is 0 Å². The van der Waals surface area contributed by atoms with E-state index in [-0.39, 0.29) is 0 Å². The Morgan fingerprint density at radius 2 is 1.70 bits per heavy atom. The first-order valence-corrected chi connectivity index (χ1v) is 8.50. The van der Waals surface area contributed by atoms with Crippen molar-refractivity contribution in [1.82, 2.24) is 0 Å². The number of rotatable bonds is 6. The van der Waals surface area contributed by atoms with Crippen LogP contribution < -0.4 is 0 Å². The third-order valence-corrected chi connectivity index (χ3v) is 5.30. The zero-order valence-corrected chi connectivity index (χ0v) is 13.9. The van der Waals surface area contributed by atoms with Gasteiger partial charge in [0.2, 0.25) is 0 Å². The molecule has 0 saturated heterocycles. The minimum Gasteiger partial charge on any atom is -0.0651 e. The van der Waals surface area contributed by atoms with Crippen LogP contribution in [0, 0.1) is 5.92 Å². The molecule has 0 N–H and O–H groups in total. The lowest BCUT2D eigenvalue weighted by molar-refractivity contribution is 0.432. The molecule has 0 heteroatoms. The molecule has 2 rings (SSSR count). The van der Waals surface area contributed by atoms with Gasteiger partial charge in [-0.1, -0.05) is 77.3 Å². The maximum Gasteiger partial charge on any atom is 0.00855 e. The summed E-state index contributed by atoms with van der Waals surface area (Å²) in [7, 11) is 0. The minimum atomic E-state index is 0.674. The molecule has 20 heavy (non-hydrogen) atoms. The molecule has 1 aromatic carbocycles. The average molecular weight is 270 g/mol. The molecule has 0 aliphatic heterocycles. The highest BCUT2D eigenvalue weighted by Gasteiger charge is 2.29. The Balaban J connectivity index is 2.42. The largest absolute Gasteiger partial charge is 0.0651 e. The summed E-state index contributed by atoms with van der Waals surface area (Å²) in [6.45, 7) is 11.6. The van der Waals surface area contributed by atoms with Crippen LogP contribution >= 0.6 is 0 Å². The second-order valence-corrected chi connectivity index (χ2v) is 6.32. The van der Waals surface area contributed by atoms with Crippen molar-refractivity contribution < 1.29 is 0 Å². The fourth-order valence-electron chi connectivity index (χ4n) is 3.66. The van der Waals surface area contributed by atoms with Crippen LogP contribution in [0.15, 0.2) is 23.8 Å². The van der Waals surface area contributed by atoms with Gasteiger partial charge in [-0.25, -0.2) is 0 Å². The van der Waals surface area contributed by atoms with E-state index >= 15 is 0 Å². The van der Waals surface area contributed by atoms with E-state index in [0.717, 1.165) is 5.92 Å². The minimum absolute atomic E-state index is 0.674. The molecular weight excluding hydrogens is 240 g/mol. The fourth-order valence-corrected chi connectivity index (χ4v) is 3.66. The van der Waals surface area contributed by atoms with Crippen LogP contribution in [0.25, 0.3) is 6.08 Å². The zero-order chi connectivity index (χ0) is 14.7. The summed E-state index contributed by atoms with van der Waals surface area (Å²) in [4.78, 5) is 0. The van der Waals surface area contributed by atoms with Crippen LogP contribution in [-0.2, 0) is 0 Å². The molecule has 0 amide bonds. The van der Waals surface area contributed by atoms with Crippen molar-refractivity contribution in [3.63, 3.8) is 0 Å². The molecule has 1 aliphatic carbocycles. The van der Waals surface area contributed by atoms with Gasteiger partial charge < -0.3 is 0 Å². The normalized spacial score (nSPS) is 19.1. The van der Waals surface area contributed by atoms with Gasteiger partial charge >= 0.3 is 0 Å². The number of benzene rings is 1. The van der Waals surface area contributed by atoms with Crippen molar-refractivity contribution >= 4 is 6.08 Å². The maximum absolute atomic E-state index is 2.51. The first kappa shape index (κ1) is 15.4. The standard InChI is InChI=1S/C20H30/c1-6-14(5)17-10-11-18-12-16(9-4)20(19(18)13-17)15(7-2)8-3/h10-15,20H,6-9H2,1-5H3. The molecule has 0 nitrogen and oxygen atoms in total. The smallest absolute Gasteiger partial charge is 0.00855 e. The van der Waals surface area contributed by atoms with Crippen molar-refractivity contribution in [3.05, 3.63) is 40.5 Å². The zero-order valence-electron chi connectivity index (χ0n) is 13.9. The van der Waals surface area contributed by atoms with E-state index in [1.54, 1.807) is 11.1 Å². The Morgan fingerprint density at radius 3 is 2.25 bits per heavy atom. The number of hydrogen-bond donors (Lipinski definition) is 0. The van der Waals surface area contributed by atoms with Gasteiger partial charge in [-0.2, -0.15) is 0 Å². The maximum atomic E-state index is 2.51. The third kappa shape index (κ3) is 2.71. The number of fused-ring (bicyclic) bond motifs is 1. The lowest BCUT2D eigenvalue weighted by atomic mass is 9.79. The molecule has 0 radical (unpaired) electrons. The Morgan fingerprint density at radius 1 is 1.00 bits per heavy atom. The van der Waals surface area contributed by atoms with Crippen molar-refractivity contribution in [3.8, 4) is 0 Å². The highest BCUT2D eigenvalue weighted by molar-refractivity contribution is 5.67. The van der Waals surface area contributed by atoms with Gasteiger partial charge in [0.1, 0.15) is 0 Å². The molecule has 1 aliphatic rings. The van der Waals surface area contributed by atoms with Gasteiger partial charge in [0.05, 0.1) is 0 Å². The highest BCUT2D eigenvalue weighted by atomic mass is 14.3.